The molecule has 0 spiro atoms. The van der Waals surface area contributed by atoms with Gasteiger partial charge in [-0.15, -0.1) is 0 Å². The zero-order valence-electron chi connectivity index (χ0n) is 9.04. The van der Waals surface area contributed by atoms with E-state index in [1.165, 1.54) is 0 Å². The van der Waals surface area contributed by atoms with Crippen molar-refractivity contribution in [3.8, 4) is 0 Å². The van der Waals surface area contributed by atoms with Gasteiger partial charge in [0.05, 0.1) is 0 Å². The molecule has 0 saturated carbocycles. The Morgan fingerprint density at radius 2 is 1.36 bits per heavy atom. The van der Waals surface area contributed by atoms with Crippen molar-refractivity contribution in [2.24, 2.45) is 0 Å². The van der Waals surface area contributed by atoms with Gasteiger partial charge < -0.3 is 4.89 Å². The Hall–Kier alpha value is 1.50. The van der Waals surface area contributed by atoms with Gasteiger partial charge >= 0.3 is 37.8 Å². The molecule has 0 aliphatic heterocycles. The van der Waals surface area contributed by atoms with Crippen molar-refractivity contribution in [1.82, 2.24) is 0 Å². The van der Waals surface area contributed by atoms with Gasteiger partial charge in [0.2, 0.25) is 0 Å². The van der Waals surface area contributed by atoms with E-state index in [9.17, 15) is 4.57 Å². The molecule has 0 aliphatic carbocycles. The van der Waals surface area contributed by atoms with Crippen LogP contribution in [0, 0.1) is 0 Å². The molecule has 14 heavy (non-hydrogen) atoms. The zero-order chi connectivity index (χ0) is 10.6. The van der Waals surface area contributed by atoms with Crippen LogP contribution in [0.25, 0.3) is 0 Å². The molecule has 0 saturated heterocycles. The van der Waals surface area contributed by atoms with Crippen molar-refractivity contribution in [2.45, 2.75) is 27.7 Å². The predicted octanol–water partition coefficient (Wildman–Crippen LogP) is 1.80. The van der Waals surface area contributed by atoms with Crippen LogP contribution in [0.15, 0.2) is 0 Å². The maximum atomic E-state index is 10.9. The first kappa shape index (κ1) is 17.9. The summed E-state index contributed by atoms with van der Waals surface area (Å²) >= 11 is 0. The van der Waals surface area contributed by atoms with E-state index in [-0.39, 0.29) is 29.6 Å². The number of hydrogen-bond donors (Lipinski definition) is 2. The first-order valence-electron chi connectivity index (χ1n) is 4.91. The molecule has 6 heteroatoms. The Morgan fingerprint density at radius 1 is 1.07 bits per heavy atom. The molecular weight excluding hydrogens is 230 g/mol. The standard InChI is InChI=1S/C8H23O3PS.Na.H/c1-5-13(6-2,7-3,8-4)11-12(9)10;;/h12-13H,5-8H2,1-4H3,(H,9,10);;. The van der Waals surface area contributed by atoms with E-state index in [0.717, 1.165) is 23.0 Å². The quantitative estimate of drug-likeness (QED) is 0.431. The Morgan fingerprint density at radius 3 is 1.43 bits per heavy atom. The van der Waals surface area contributed by atoms with E-state index < -0.39 is 17.7 Å². The van der Waals surface area contributed by atoms with Gasteiger partial charge in [-0.1, -0.05) is 27.7 Å². The molecule has 1 unspecified atom stereocenters. The Bertz CT molecular complexity index is 174. The van der Waals surface area contributed by atoms with Gasteiger partial charge in [-0.3, -0.25) is 8.54 Å². The molecular formula is C8H24NaO3PS. The van der Waals surface area contributed by atoms with Gasteiger partial charge in [0, 0.05) is 0 Å². The van der Waals surface area contributed by atoms with E-state index in [0.29, 0.717) is 0 Å². The molecule has 1 N–H and O–H groups in total. The van der Waals surface area contributed by atoms with Crippen molar-refractivity contribution >= 4 is 47.3 Å². The van der Waals surface area contributed by atoms with Crippen LogP contribution in [0.5, 0.6) is 0 Å². The van der Waals surface area contributed by atoms with Crippen LogP contribution in [0.4, 0.5) is 0 Å². The first-order chi connectivity index (χ1) is 5.97. The summed E-state index contributed by atoms with van der Waals surface area (Å²) in [6, 6.07) is 0. The summed E-state index contributed by atoms with van der Waals surface area (Å²) in [7, 11) is -5.08. The zero-order valence-corrected chi connectivity index (χ0v) is 10.9. The molecule has 0 aromatic rings. The minimum absolute atomic E-state index is 0. The predicted molar refractivity (Wildman–Crippen MR) is 70.6 cm³/mol. The van der Waals surface area contributed by atoms with Crippen molar-refractivity contribution < 1.29 is 13.4 Å². The summed E-state index contributed by atoms with van der Waals surface area (Å²) in [5.74, 6) is 3.64. The van der Waals surface area contributed by atoms with Crippen LogP contribution in [0.2, 0.25) is 0 Å². The average molecular weight is 254 g/mol. The summed E-state index contributed by atoms with van der Waals surface area (Å²) in [5.41, 5.74) is 0. The molecule has 0 bridgehead atoms. The van der Waals surface area contributed by atoms with E-state index in [4.69, 9.17) is 8.86 Å². The third kappa shape index (κ3) is 3.82. The van der Waals surface area contributed by atoms with Crippen LogP contribution < -0.4 is 0 Å². The summed E-state index contributed by atoms with van der Waals surface area (Å²) in [6.07, 6.45) is 0. The summed E-state index contributed by atoms with van der Waals surface area (Å²) in [4.78, 5) is 8.93. The fourth-order valence-corrected chi connectivity index (χ4v) is 8.34. The summed E-state index contributed by atoms with van der Waals surface area (Å²) in [5, 5.41) is 0. The van der Waals surface area contributed by atoms with Gasteiger partial charge in [-0.25, -0.2) is 9.44 Å². The van der Waals surface area contributed by atoms with Crippen molar-refractivity contribution in [2.75, 3.05) is 23.0 Å². The second-order valence-corrected chi connectivity index (χ2v) is 11.0. The molecule has 0 rings (SSSR count). The van der Waals surface area contributed by atoms with Crippen LogP contribution >= 0.6 is 17.7 Å². The second kappa shape index (κ2) is 6.95. The van der Waals surface area contributed by atoms with E-state index in [2.05, 4.69) is 27.7 Å². The molecule has 0 aromatic carbocycles. The van der Waals surface area contributed by atoms with Crippen LogP contribution in [-0.4, -0.2) is 57.5 Å². The topological polar surface area (TPSA) is 46.5 Å². The third-order valence-electron chi connectivity index (χ3n) is 3.54. The summed E-state index contributed by atoms with van der Waals surface area (Å²) < 4.78 is 16.3. The monoisotopic (exact) mass is 254 g/mol. The maximum absolute atomic E-state index is 10.9. The van der Waals surface area contributed by atoms with E-state index in [1.807, 2.05) is 0 Å². The molecule has 86 valence electrons. The number of thiol groups is 1. The minimum atomic E-state index is -2.79. The molecule has 0 aromatic heterocycles. The fourth-order valence-electron chi connectivity index (χ4n) is 1.82. The average Bonchev–Trinajstić information content (AvgIpc) is 2.15. The van der Waals surface area contributed by atoms with E-state index in [1.54, 1.807) is 0 Å². The van der Waals surface area contributed by atoms with Gasteiger partial charge in [-0.05, 0) is 23.0 Å². The van der Waals surface area contributed by atoms with Crippen LogP contribution in [0.3, 0.4) is 0 Å². The molecule has 3 nitrogen and oxygen atoms in total. The Labute approximate surface area is 111 Å². The van der Waals surface area contributed by atoms with Crippen molar-refractivity contribution in [3.63, 3.8) is 0 Å². The Balaban J connectivity index is 0. The molecule has 0 amide bonds. The molecule has 0 radical (unpaired) electrons. The van der Waals surface area contributed by atoms with Crippen molar-refractivity contribution in [1.29, 1.82) is 0 Å². The van der Waals surface area contributed by atoms with Crippen LogP contribution in [-0.2, 0) is 8.54 Å². The molecule has 0 aliphatic rings. The SMILES string of the molecule is CC[SH](CC)(CC)(CC)O[PH](=O)O.[NaH]. The van der Waals surface area contributed by atoms with Gasteiger partial charge in [-0.2, -0.15) is 0 Å². The molecule has 0 fully saturated rings. The second-order valence-electron chi connectivity index (χ2n) is 3.48. The summed E-state index contributed by atoms with van der Waals surface area (Å²) in [6.45, 7) is 8.27. The molecule has 1 atom stereocenters. The fraction of sp³-hybridized carbons (Fsp3) is 1.00. The van der Waals surface area contributed by atoms with Gasteiger partial charge in [0.1, 0.15) is 0 Å². The first-order valence-corrected chi connectivity index (χ1v) is 9.07. The normalized spacial score (nSPS) is 16.5. The third-order valence-corrected chi connectivity index (χ3v) is 12.6. The van der Waals surface area contributed by atoms with E-state index >= 15 is 0 Å². The van der Waals surface area contributed by atoms with Gasteiger partial charge in [0.25, 0.3) is 0 Å². The number of hydrogen-bond acceptors (Lipinski definition) is 2. The molecule has 0 heterocycles. The number of rotatable bonds is 6. The van der Waals surface area contributed by atoms with Crippen LogP contribution in [0.1, 0.15) is 27.7 Å². The van der Waals surface area contributed by atoms with Gasteiger partial charge in [0.15, 0.2) is 0 Å². The Kier molecular flexibility index (Phi) is 8.88. The van der Waals surface area contributed by atoms with Crippen molar-refractivity contribution in [3.05, 3.63) is 0 Å².